The van der Waals surface area contributed by atoms with Gasteiger partial charge in [-0.25, -0.2) is 0 Å². The largest absolute Gasteiger partial charge is 0.481 e. The van der Waals surface area contributed by atoms with E-state index in [1.165, 1.54) is 0 Å². The van der Waals surface area contributed by atoms with E-state index in [1.54, 1.807) is 64.2 Å². The van der Waals surface area contributed by atoms with E-state index in [2.05, 4.69) is 0 Å². The molecule has 0 aromatic heterocycles. The third-order valence-corrected chi connectivity index (χ3v) is 6.13. The monoisotopic (exact) mass is 440 g/mol. The molecule has 2 aliphatic carbocycles. The lowest BCUT2D eigenvalue weighted by Crippen LogP contribution is -2.23. The minimum absolute atomic E-state index is 0.0930. The van der Waals surface area contributed by atoms with Crippen LogP contribution in [-0.4, -0.2) is 33.7 Å². The molecule has 2 N–H and O–H groups in total. The number of ketones is 2. The van der Waals surface area contributed by atoms with Crippen LogP contribution in [0.25, 0.3) is 0 Å². The van der Waals surface area contributed by atoms with E-state index in [-0.39, 0.29) is 11.6 Å². The van der Waals surface area contributed by atoms with Crippen molar-refractivity contribution in [2.45, 2.75) is 66.2 Å². The second-order valence-electron chi connectivity index (χ2n) is 9.70. The van der Waals surface area contributed by atoms with E-state index in [9.17, 15) is 29.4 Å². The number of carboxylic acids is 2. The summed E-state index contributed by atoms with van der Waals surface area (Å²) in [6, 6.07) is 0. The zero-order valence-electron chi connectivity index (χ0n) is 19.2. The Balaban J connectivity index is 1.81. The van der Waals surface area contributed by atoms with Crippen LogP contribution in [-0.2, 0) is 19.2 Å². The number of hydrogen-bond donors (Lipinski definition) is 2. The summed E-state index contributed by atoms with van der Waals surface area (Å²) >= 11 is 0. The van der Waals surface area contributed by atoms with Crippen molar-refractivity contribution in [3.05, 3.63) is 58.7 Å². The van der Waals surface area contributed by atoms with Gasteiger partial charge < -0.3 is 10.2 Å². The van der Waals surface area contributed by atoms with Crippen molar-refractivity contribution in [1.82, 2.24) is 0 Å². The molecule has 0 radical (unpaired) electrons. The van der Waals surface area contributed by atoms with Crippen LogP contribution in [0.3, 0.4) is 0 Å². The molecule has 32 heavy (non-hydrogen) atoms. The van der Waals surface area contributed by atoms with Gasteiger partial charge in [0.25, 0.3) is 0 Å². The van der Waals surface area contributed by atoms with Crippen molar-refractivity contribution in [3.63, 3.8) is 0 Å². The normalized spacial score (nSPS) is 16.9. The van der Waals surface area contributed by atoms with Gasteiger partial charge in [-0.3, -0.25) is 19.2 Å². The Bertz CT molecular complexity index is 888. The van der Waals surface area contributed by atoms with E-state index in [0.29, 0.717) is 60.8 Å². The molecule has 172 valence electrons. The van der Waals surface area contributed by atoms with Gasteiger partial charge in [0.05, 0.1) is 10.8 Å². The third kappa shape index (κ3) is 6.25. The first-order valence-corrected chi connectivity index (χ1v) is 10.9. The highest BCUT2D eigenvalue weighted by Crippen LogP contribution is 2.29. The van der Waals surface area contributed by atoms with Gasteiger partial charge in [0, 0.05) is 22.3 Å². The van der Waals surface area contributed by atoms with Crippen molar-refractivity contribution in [2.24, 2.45) is 10.8 Å². The quantitative estimate of drug-likeness (QED) is 0.443. The third-order valence-electron chi connectivity index (χ3n) is 6.13. The summed E-state index contributed by atoms with van der Waals surface area (Å²) in [5.74, 6) is -1.88. The standard InChI is InChI=1S/C26H32O6/c1-25(2,23(29)30)15-5-7-17-9-11-19(21(17)27)13-14-20-12-10-18(22(20)28)8-6-16-26(3,4)24(31)32/h9-14H,5-8,15-16H2,1-4H3,(H,29,30)(H,31,32)/b14-13-. The SMILES string of the molecule is CC(C)(CCCC1=CC=C(/C=C\C2=CC=C(CCCC(C)(C)C(=O)O)C2=O)C1=O)C(=O)O. The smallest absolute Gasteiger partial charge is 0.309 e. The van der Waals surface area contributed by atoms with Crippen LogP contribution in [0.1, 0.15) is 66.2 Å². The highest BCUT2D eigenvalue weighted by atomic mass is 16.4. The summed E-state index contributed by atoms with van der Waals surface area (Å²) in [7, 11) is 0. The van der Waals surface area contributed by atoms with Gasteiger partial charge in [0.15, 0.2) is 11.6 Å². The number of carbonyl (C=O) groups excluding carboxylic acids is 2. The molecule has 0 spiro atoms. The summed E-state index contributed by atoms with van der Waals surface area (Å²) in [4.78, 5) is 47.5. The Labute approximate surface area is 189 Å². The minimum atomic E-state index is -0.848. The molecule has 0 fully saturated rings. The fourth-order valence-electron chi connectivity index (χ4n) is 3.55. The van der Waals surface area contributed by atoms with Gasteiger partial charge in [-0.15, -0.1) is 0 Å². The Kier molecular flexibility index (Phi) is 7.94. The Morgan fingerprint density at radius 1 is 0.719 bits per heavy atom. The Morgan fingerprint density at radius 2 is 1.06 bits per heavy atom. The Hall–Kier alpha value is -3.02. The molecule has 0 saturated carbocycles. The second-order valence-corrected chi connectivity index (χ2v) is 9.70. The minimum Gasteiger partial charge on any atom is -0.481 e. The van der Waals surface area contributed by atoms with Gasteiger partial charge in [-0.2, -0.15) is 0 Å². The molecule has 6 nitrogen and oxygen atoms in total. The zero-order chi connectivity index (χ0) is 24.1. The predicted octanol–water partition coefficient (Wildman–Crippen LogP) is 4.98. The molecule has 2 rings (SSSR count). The maximum Gasteiger partial charge on any atom is 0.309 e. The van der Waals surface area contributed by atoms with Gasteiger partial charge in [-0.05, 0) is 66.2 Å². The molecule has 0 amide bonds. The first kappa shape index (κ1) is 25.2. The van der Waals surface area contributed by atoms with Crippen LogP contribution in [0, 0.1) is 10.8 Å². The molecule has 0 aliphatic heterocycles. The van der Waals surface area contributed by atoms with Crippen molar-refractivity contribution >= 4 is 23.5 Å². The molecule has 0 aromatic rings. The summed E-state index contributed by atoms with van der Waals surface area (Å²) in [6.07, 6.45) is 13.5. The zero-order valence-corrected chi connectivity index (χ0v) is 19.2. The van der Waals surface area contributed by atoms with E-state index in [1.807, 2.05) is 0 Å². The molecular weight excluding hydrogens is 408 g/mol. The topological polar surface area (TPSA) is 109 Å². The summed E-state index contributed by atoms with van der Waals surface area (Å²) in [6.45, 7) is 6.70. The van der Waals surface area contributed by atoms with Crippen molar-refractivity contribution < 1.29 is 29.4 Å². The lowest BCUT2D eigenvalue weighted by Gasteiger charge is -2.18. The highest BCUT2D eigenvalue weighted by molar-refractivity contribution is 6.15. The molecule has 0 aromatic carbocycles. The summed E-state index contributed by atoms with van der Waals surface area (Å²) in [5, 5.41) is 18.4. The lowest BCUT2D eigenvalue weighted by molar-refractivity contribution is -0.148. The van der Waals surface area contributed by atoms with Crippen LogP contribution in [0.5, 0.6) is 0 Å². The maximum absolute atomic E-state index is 12.6. The average molecular weight is 441 g/mol. The van der Waals surface area contributed by atoms with Crippen LogP contribution < -0.4 is 0 Å². The molecule has 0 atom stereocenters. The summed E-state index contributed by atoms with van der Waals surface area (Å²) < 4.78 is 0. The number of rotatable bonds is 12. The number of carboxylic acid groups (broad SMARTS) is 2. The van der Waals surface area contributed by atoms with Crippen LogP contribution in [0.2, 0.25) is 0 Å². The molecule has 0 heterocycles. The van der Waals surface area contributed by atoms with Crippen LogP contribution in [0.4, 0.5) is 0 Å². The van der Waals surface area contributed by atoms with E-state index in [4.69, 9.17) is 0 Å². The van der Waals surface area contributed by atoms with E-state index < -0.39 is 22.8 Å². The van der Waals surface area contributed by atoms with Gasteiger partial charge in [0.1, 0.15) is 0 Å². The fourth-order valence-corrected chi connectivity index (χ4v) is 3.55. The second kappa shape index (κ2) is 10.1. The molecule has 0 bridgehead atoms. The van der Waals surface area contributed by atoms with Crippen LogP contribution in [0.15, 0.2) is 58.7 Å². The fraction of sp³-hybridized carbons (Fsp3) is 0.462. The average Bonchev–Trinajstić information content (AvgIpc) is 3.22. The Morgan fingerprint density at radius 3 is 1.38 bits per heavy atom. The maximum atomic E-state index is 12.6. The van der Waals surface area contributed by atoms with E-state index in [0.717, 1.165) is 0 Å². The predicted molar refractivity (Wildman–Crippen MR) is 122 cm³/mol. The van der Waals surface area contributed by atoms with Crippen molar-refractivity contribution in [3.8, 4) is 0 Å². The molecule has 2 aliphatic rings. The van der Waals surface area contributed by atoms with Gasteiger partial charge in [-0.1, -0.05) is 36.5 Å². The van der Waals surface area contributed by atoms with E-state index >= 15 is 0 Å². The number of aliphatic carboxylic acids is 2. The first-order valence-electron chi connectivity index (χ1n) is 10.9. The number of allylic oxidation sites excluding steroid dienone is 10. The number of Topliss-reactive ketones (excluding diaryl/α,β-unsaturated/α-hetero) is 2. The molecule has 6 heteroatoms. The number of hydrogen-bond acceptors (Lipinski definition) is 4. The number of carbonyl (C=O) groups is 4. The molecular formula is C26H32O6. The lowest BCUT2D eigenvalue weighted by atomic mass is 9.86. The molecule has 0 unspecified atom stereocenters. The summed E-state index contributed by atoms with van der Waals surface area (Å²) in [5.41, 5.74) is 0.671. The first-order chi connectivity index (χ1) is 14.8. The van der Waals surface area contributed by atoms with Gasteiger partial charge in [0.2, 0.25) is 0 Å². The van der Waals surface area contributed by atoms with Gasteiger partial charge >= 0.3 is 11.9 Å². The highest BCUT2D eigenvalue weighted by Gasteiger charge is 2.28. The van der Waals surface area contributed by atoms with Crippen LogP contribution >= 0.6 is 0 Å². The van der Waals surface area contributed by atoms with Crippen molar-refractivity contribution in [1.29, 1.82) is 0 Å². The molecule has 0 saturated heterocycles. The van der Waals surface area contributed by atoms with Crippen molar-refractivity contribution in [2.75, 3.05) is 0 Å².